The van der Waals surface area contributed by atoms with Crippen LogP contribution in [0.5, 0.6) is 11.5 Å². The minimum atomic E-state index is -0.266. The second-order valence-electron chi connectivity index (χ2n) is 4.14. The molecule has 100 valence electrons. The zero-order valence-corrected chi connectivity index (χ0v) is 11.6. The first-order chi connectivity index (χ1) is 9.15. The average Bonchev–Trinajstić information content (AvgIpc) is 2.46. The second kappa shape index (κ2) is 5.95. The highest BCUT2D eigenvalue weighted by atomic mass is 35.5. The molecule has 2 aromatic carbocycles. The quantitative estimate of drug-likeness (QED) is 0.931. The minimum absolute atomic E-state index is 0.266. The van der Waals surface area contributed by atoms with Crippen molar-refractivity contribution in [2.24, 2.45) is 5.73 Å². The van der Waals surface area contributed by atoms with Gasteiger partial charge in [-0.3, -0.25) is 0 Å². The van der Waals surface area contributed by atoms with Gasteiger partial charge < -0.3 is 15.2 Å². The second-order valence-corrected chi connectivity index (χ2v) is 4.57. The standard InChI is InChI=1S/C15H16ClNO2/c1-18-12-6-3-10(4-7-12)15(17)13-8-5-11(16)9-14(13)19-2/h3-9,15H,17H2,1-2H3. The molecule has 0 amide bonds. The number of rotatable bonds is 4. The lowest BCUT2D eigenvalue weighted by Crippen LogP contribution is -2.13. The van der Waals surface area contributed by atoms with Gasteiger partial charge in [0.15, 0.2) is 0 Å². The van der Waals surface area contributed by atoms with Gasteiger partial charge in [-0.05, 0) is 29.8 Å². The van der Waals surface area contributed by atoms with Crippen LogP contribution in [0.1, 0.15) is 17.2 Å². The van der Waals surface area contributed by atoms with Crippen LogP contribution in [0.2, 0.25) is 5.02 Å². The van der Waals surface area contributed by atoms with E-state index in [0.29, 0.717) is 10.8 Å². The van der Waals surface area contributed by atoms with Crippen LogP contribution in [0.3, 0.4) is 0 Å². The van der Waals surface area contributed by atoms with Crippen molar-refractivity contribution >= 4 is 11.6 Å². The molecule has 0 bridgehead atoms. The summed E-state index contributed by atoms with van der Waals surface area (Å²) in [6.07, 6.45) is 0. The number of halogens is 1. The van der Waals surface area contributed by atoms with Crippen molar-refractivity contribution < 1.29 is 9.47 Å². The summed E-state index contributed by atoms with van der Waals surface area (Å²) in [6, 6.07) is 12.8. The van der Waals surface area contributed by atoms with Crippen LogP contribution < -0.4 is 15.2 Å². The summed E-state index contributed by atoms with van der Waals surface area (Å²) in [5, 5.41) is 0.627. The van der Waals surface area contributed by atoms with Gasteiger partial charge >= 0.3 is 0 Å². The fraction of sp³-hybridized carbons (Fsp3) is 0.200. The molecule has 0 heterocycles. The molecule has 0 saturated carbocycles. The van der Waals surface area contributed by atoms with Gasteiger partial charge in [-0.15, -0.1) is 0 Å². The monoisotopic (exact) mass is 277 g/mol. The molecule has 0 aliphatic rings. The number of ether oxygens (including phenoxy) is 2. The topological polar surface area (TPSA) is 44.5 Å². The molecule has 0 fully saturated rings. The Morgan fingerprint density at radius 2 is 1.68 bits per heavy atom. The summed E-state index contributed by atoms with van der Waals surface area (Å²) >= 11 is 5.95. The van der Waals surface area contributed by atoms with Crippen LogP contribution >= 0.6 is 11.6 Å². The van der Waals surface area contributed by atoms with E-state index in [1.54, 1.807) is 20.3 Å². The predicted molar refractivity (Wildman–Crippen MR) is 77.0 cm³/mol. The van der Waals surface area contributed by atoms with E-state index >= 15 is 0 Å². The Labute approximate surface area is 117 Å². The molecular weight excluding hydrogens is 262 g/mol. The van der Waals surface area contributed by atoms with E-state index in [9.17, 15) is 0 Å². The molecule has 2 aromatic rings. The van der Waals surface area contributed by atoms with Crippen molar-refractivity contribution in [1.82, 2.24) is 0 Å². The summed E-state index contributed by atoms with van der Waals surface area (Å²) in [7, 11) is 3.24. The van der Waals surface area contributed by atoms with E-state index in [2.05, 4.69) is 0 Å². The van der Waals surface area contributed by atoms with E-state index in [1.807, 2.05) is 36.4 Å². The Bertz CT molecular complexity index is 555. The Balaban J connectivity index is 2.34. The van der Waals surface area contributed by atoms with E-state index in [-0.39, 0.29) is 6.04 Å². The predicted octanol–water partition coefficient (Wildman–Crippen LogP) is 3.41. The van der Waals surface area contributed by atoms with E-state index in [4.69, 9.17) is 26.8 Å². The Hall–Kier alpha value is -1.71. The zero-order valence-electron chi connectivity index (χ0n) is 10.9. The number of nitrogens with two attached hydrogens (primary N) is 1. The first-order valence-electron chi connectivity index (χ1n) is 5.88. The molecule has 3 nitrogen and oxygen atoms in total. The maximum Gasteiger partial charge on any atom is 0.125 e. The van der Waals surface area contributed by atoms with Gasteiger partial charge in [0.05, 0.1) is 20.3 Å². The fourth-order valence-corrected chi connectivity index (χ4v) is 2.09. The van der Waals surface area contributed by atoms with E-state index < -0.39 is 0 Å². The summed E-state index contributed by atoms with van der Waals surface area (Å²) < 4.78 is 10.5. The number of benzene rings is 2. The Morgan fingerprint density at radius 3 is 2.26 bits per heavy atom. The molecule has 4 heteroatoms. The van der Waals surface area contributed by atoms with Crippen LogP contribution in [0.4, 0.5) is 0 Å². The van der Waals surface area contributed by atoms with E-state index in [0.717, 1.165) is 16.9 Å². The largest absolute Gasteiger partial charge is 0.497 e. The van der Waals surface area contributed by atoms with Crippen LogP contribution in [-0.4, -0.2) is 14.2 Å². The highest BCUT2D eigenvalue weighted by molar-refractivity contribution is 6.30. The lowest BCUT2D eigenvalue weighted by molar-refractivity contribution is 0.407. The smallest absolute Gasteiger partial charge is 0.125 e. The third-order valence-electron chi connectivity index (χ3n) is 3.01. The first-order valence-corrected chi connectivity index (χ1v) is 6.26. The first kappa shape index (κ1) is 13.7. The van der Waals surface area contributed by atoms with Gasteiger partial charge in [0.25, 0.3) is 0 Å². The van der Waals surface area contributed by atoms with Crippen molar-refractivity contribution in [2.75, 3.05) is 14.2 Å². The number of hydrogen-bond donors (Lipinski definition) is 1. The van der Waals surface area contributed by atoms with Crippen LogP contribution in [0.25, 0.3) is 0 Å². The molecule has 0 spiro atoms. The van der Waals surface area contributed by atoms with Crippen LogP contribution in [-0.2, 0) is 0 Å². The molecule has 0 aromatic heterocycles. The van der Waals surface area contributed by atoms with Crippen molar-refractivity contribution in [3.8, 4) is 11.5 Å². The van der Waals surface area contributed by atoms with Gasteiger partial charge in [-0.2, -0.15) is 0 Å². The van der Waals surface area contributed by atoms with Gasteiger partial charge in [0.1, 0.15) is 11.5 Å². The highest BCUT2D eigenvalue weighted by Crippen LogP contribution is 2.31. The fourth-order valence-electron chi connectivity index (χ4n) is 1.93. The molecule has 2 N–H and O–H groups in total. The van der Waals surface area contributed by atoms with Crippen molar-refractivity contribution in [3.05, 3.63) is 58.6 Å². The molecule has 19 heavy (non-hydrogen) atoms. The third-order valence-corrected chi connectivity index (χ3v) is 3.24. The number of hydrogen-bond acceptors (Lipinski definition) is 3. The Morgan fingerprint density at radius 1 is 1.00 bits per heavy atom. The lowest BCUT2D eigenvalue weighted by atomic mass is 9.98. The summed E-state index contributed by atoms with van der Waals surface area (Å²) in [5.41, 5.74) is 8.16. The molecule has 1 atom stereocenters. The van der Waals surface area contributed by atoms with Gasteiger partial charge in [-0.25, -0.2) is 0 Å². The van der Waals surface area contributed by atoms with Crippen molar-refractivity contribution in [2.45, 2.75) is 6.04 Å². The maximum atomic E-state index is 6.27. The Kier molecular flexibility index (Phi) is 4.30. The zero-order chi connectivity index (χ0) is 13.8. The molecule has 0 saturated heterocycles. The number of methoxy groups -OCH3 is 2. The maximum absolute atomic E-state index is 6.27. The average molecular weight is 278 g/mol. The van der Waals surface area contributed by atoms with Crippen LogP contribution in [0, 0.1) is 0 Å². The van der Waals surface area contributed by atoms with Gasteiger partial charge in [0.2, 0.25) is 0 Å². The van der Waals surface area contributed by atoms with Crippen LogP contribution in [0.15, 0.2) is 42.5 Å². The third kappa shape index (κ3) is 3.00. The SMILES string of the molecule is COc1ccc(C(N)c2ccc(Cl)cc2OC)cc1. The normalized spacial score (nSPS) is 12.0. The molecule has 1 unspecified atom stereocenters. The molecule has 0 aliphatic carbocycles. The summed E-state index contributed by atoms with van der Waals surface area (Å²) in [4.78, 5) is 0. The summed E-state index contributed by atoms with van der Waals surface area (Å²) in [5.74, 6) is 1.50. The van der Waals surface area contributed by atoms with Crippen molar-refractivity contribution in [3.63, 3.8) is 0 Å². The van der Waals surface area contributed by atoms with Gasteiger partial charge in [-0.1, -0.05) is 29.8 Å². The summed E-state index contributed by atoms with van der Waals surface area (Å²) in [6.45, 7) is 0. The van der Waals surface area contributed by atoms with Crippen molar-refractivity contribution in [1.29, 1.82) is 0 Å². The lowest BCUT2D eigenvalue weighted by Gasteiger charge is -2.16. The molecular formula is C15H16ClNO2. The van der Waals surface area contributed by atoms with Gasteiger partial charge in [0, 0.05) is 10.6 Å². The molecule has 0 aliphatic heterocycles. The molecule has 0 radical (unpaired) electrons. The minimum Gasteiger partial charge on any atom is -0.497 e. The van der Waals surface area contributed by atoms with E-state index in [1.165, 1.54) is 0 Å². The molecule has 2 rings (SSSR count). The highest BCUT2D eigenvalue weighted by Gasteiger charge is 2.14.